The van der Waals surface area contributed by atoms with Crippen LogP contribution in [-0.2, 0) is 11.3 Å². The van der Waals surface area contributed by atoms with Crippen LogP contribution in [0, 0.1) is 0 Å². The van der Waals surface area contributed by atoms with E-state index >= 15 is 0 Å². The molecule has 88 valence electrons. The molecule has 2 rings (SSSR count). The van der Waals surface area contributed by atoms with E-state index in [0.29, 0.717) is 5.75 Å². The summed E-state index contributed by atoms with van der Waals surface area (Å²) in [5, 5.41) is 16.2. The Morgan fingerprint density at radius 3 is 3.25 bits per heavy atom. The number of aryl methyl sites for hydroxylation is 1. The first kappa shape index (κ1) is 11.5. The van der Waals surface area contributed by atoms with Gasteiger partial charge in [0, 0.05) is 24.1 Å². The fraction of sp³-hybridized carbons (Fsp3) is 0.600. The molecule has 1 fully saturated rings. The topological polar surface area (TPSA) is 67.2 Å². The van der Waals surface area contributed by atoms with E-state index in [1.54, 1.807) is 11.8 Å². The molecule has 0 spiro atoms. The van der Waals surface area contributed by atoms with Gasteiger partial charge in [-0.3, -0.25) is 14.8 Å². The molecular formula is C10H15N3O2S. The highest BCUT2D eigenvalue weighted by atomic mass is 32.2. The molecule has 1 saturated heterocycles. The second kappa shape index (κ2) is 4.88. The molecule has 0 aromatic carbocycles. The maximum Gasteiger partial charge on any atom is 0.321 e. The standard InChI is InChI=1S/C10H15N3O2S/c1-2-3-13-5-7(4-11-13)9-12-8(6-16-9)10(14)15/h4-5,8-9,12H,2-3,6H2,1H3,(H,14,15)/t8-,9?/m1/s1. The molecule has 0 saturated carbocycles. The van der Waals surface area contributed by atoms with E-state index in [1.165, 1.54) is 0 Å². The summed E-state index contributed by atoms with van der Waals surface area (Å²) in [6.07, 6.45) is 4.84. The van der Waals surface area contributed by atoms with E-state index < -0.39 is 12.0 Å². The van der Waals surface area contributed by atoms with Crippen molar-refractivity contribution < 1.29 is 9.90 Å². The van der Waals surface area contributed by atoms with Crippen LogP contribution in [-0.4, -0.2) is 32.7 Å². The molecule has 1 aliphatic rings. The SMILES string of the molecule is CCCn1cc(C2N[C@@H](C(=O)O)CS2)cn1. The van der Waals surface area contributed by atoms with Crippen molar-refractivity contribution >= 4 is 17.7 Å². The second-order valence-corrected chi connectivity index (χ2v) is 4.95. The number of carboxylic acid groups (broad SMARTS) is 1. The maximum atomic E-state index is 10.8. The Hall–Kier alpha value is -1.01. The Labute approximate surface area is 98.2 Å². The summed E-state index contributed by atoms with van der Waals surface area (Å²) < 4.78 is 1.89. The van der Waals surface area contributed by atoms with Gasteiger partial charge in [-0.05, 0) is 6.42 Å². The van der Waals surface area contributed by atoms with Crippen molar-refractivity contribution in [2.45, 2.75) is 31.3 Å². The molecule has 1 aromatic heterocycles. The van der Waals surface area contributed by atoms with Crippen LogP contribution in [0.3, 0.4) is 0 Å². The fourth-order valence-corrected chi connectivity index (χ4v) is 2.87. The van der Waals surface area contributed by atoms with Gasteiger partial charge in [-0.15, -0.1) is 11.8 Å². The normalized spacial score (nSPS) is 24.8. The summed E-state index contributed by atoms with van der Waals surface area (Å²) in [5.41, 5.74) is 1.06. The van der Waals surface area contributed by atoms with E-state index in [0.717, 1.165) is 18.5 Å². The Kier molecular flexibility index (Phi) is 3.50. The largest absolute Gasteiger partial charge is 0.480 e. The first-order chi connectivity index (χ1) is 7.70. The predicted octanol–water partition coefficient (Wildman–Crippen LogP) is 1.08. The van der Waals surface area contributed by atoms with Gasteiger partial charge in [-0.2, -0.15) is 5.10 Å². The van der Waals surface area contributed by atoms with Crippen molar-refractivity contribution in [3.63, 3.8) is 0 Å². The minimum Gasteiger partial charge on any atom is -0.480 e. The number of nitrogens with one attached hydrogen (secondary N) is 1. The monoisotopic (exact) mass is 241 g/mol. The van der Waals surface area contributed by atoms with E-state index in [9.17, 15) is 4.79 Å². The summed E-state index contributed by atoms with van der Waals surface area (Å²) >= 11 is 1.62. The zero-order valence-electron chi connectivity index (χ0n) is 9.09. The van der Waals surface area contributed by atoms with Crippen LogP contribution in [0.25, 0.3) is 0 Å². The lowest BCUT2D eigenvalue weighted by atomic mass is 10.3. The van der Waals surface area contributed by atoms with Crippen LogP contribution >= 0.6 is 11.8 Å². The molecule has 6 heteroatoms. The highest BCUT2D eigenvalue weighted by Gasteiger charge is 2.30. The van der Waals surface area contributed by atoms with E-state index in [-0.39, 0.29) is 5.37 Å². The van der Waals surface area contributed by atoms with Crippen molar-refractivity contribution in [2.24, 2.45) is 0 Å². The van der Waals surface area contributed by atoms with E-state index in [4.69, 9.17) is 5.11 Å². The Morgan fingerprint density at radius 2 is 2.62 bits per heavy atom. The summed E-state index contributed by atoms with van der Waals surface area (Å²) in [7, 11) is 0. The zero-order valence-corrected chi connectivity index (χ0v) is 9.91. The van der Waals surface area contributed by atoms with Gasteiger partial charge in [0.2, 0.25) is 0 Å². The van der Waals surface area contributed by atoms with Crippen LogP contribution in [0.1, 0.15) is 24.3 Å². The molecule has 0 amide bonds. The Bertz CT molecular complexity index is 380. The lowest BCUT2D eigenvalue weighted by Gasteiger charge is -2.07. The van der Waals surface area contributed by atoms with Gasteiger partial charge in [0.05, 0.1) is 11.6 Å². The van der Waals surface area contributed by atoms with Gasteiger partial charge in [-0.25, -0.2) is 0 Å². The number of aliphatic carboxylic acids is 1. The average Bonchev–Trinajstić information content (AvgIpc) is 2.84. The van der Waals surface area contributed by atoms with Gasteiger partial charge in [0.15, 0.2) is 0 Å². The highest BCUT2D eigenvalue weighted by molar-refractivity contribution is 7.99. The number of nitrogens with zero attached hydrogens (tertiary/aromatic N) is 2. The molecule has 0 bridgehead atoms. The molecule has 2 N–H and O–H groups in total. The predicted molar refractivity (Wildman–Crippen MR) is 62.3 cm³/mol. The third-order valence-corrected chi connectivity index (χ3v) is 3.76. The second-order valence-electron chi connectivity index (χ2n) is 3.81. The highest BCUT2D eigenvalue weighted by Crippen LogP contribution is 2.32. The maximum absolute atomic E-state index is 10.8. The first-order valence-corrected chi connectivity index (χ1v) is 6.38. The van der Waals surface area contributed by atoms with E-state index in [1.807, 2.05) is 17.1 Å². The lowest BCUT2D eigenvalue weighted by Crippen LogP contribution is -2.33. The fourth-order valence-electron chi connectivity index (χ4n) is 1.67. The van der Waals surface area contributed by atoms with Crippen molar-refractivity contribution in [2.75, 3.05) is 5.75 Å². The number of carbonyl (C=O) groups is 1. The van der Waals surface area contributed by atoms with Crippen molar-refractivity contribution in [3.05, 3.63) is 18.0 Å². The molecule has 0 radical (unpaired) electrons. The van der Waals surface area contributed by atoms with Gasteiger partial charge in [-0.1, -0.05) is 6.92 Å². The number of thioether (sulfide) groups is 1. The van der Waals surface area contributed by atoms with Gasteiger partial charge in [0.1, 0.15) is 6.04 Å². The molecule has 2 heterocycles. The quantitative estimate of drug-likeness (QED) is 0.825. The summed E-state index contributed by atoms with van der Waals surface area (Å²) in [4.78, 5) is 10.8. The smallest absolute Gasteiger partial charge is 0.321 e. The zero-order chi connectivity index (χ0) is 11.5. The molecular weight excluding hydrogens is 226 g/mol. The molecule has 1 aliphatic heterocycles. The van der Waals surface area contributed by atoms with Crippen LogP contribution in [0.5, 0.6) is 0 Å². The van der Waals surface area contributed by atoms with Crippen LogP contribution in [0.4, 0.5) is 0 Å². The molecule has 2 atom stereocenters. The number of aromatic nitrogens is 2. The number of rotatable bonds is 4. The van der Waals surface area contributed by atoms with Gasteiger partial charge >= 0.3 is 5.97 Å². The number of carboxylic acids is 1. The molecule has 16 heavy (non-hydrogen) atoms. The molecule has 0 aliphatic carbocycles. The third-order valence-electron chi connectivity index (χ3n) is 2.49. The summed E-state index contributed by atoms with van der Waals surface area (Å²) in [6.45, 7) is 3.00. The number of hydrogen-bond acceptors (Lipinski definition) is 4. The van der Waals surface area contributed by atoms with Crippen LogP contribution in [0.2, 0.25) is 0 Å². The summed E-state index contributed by atoms with van der Waals surface area (Å²) in [6, 6.07) is -0.440. The minimum absolute atomic E-state index is 0.0618. The minimum atomic E-state index is -0.782. The molecule has 5 nitrogen and oxygen atoms in total. The summed E-state index contributed by atoms with van der Waals surface area (Å²) in [5.74, 6) is -0.171. The lowest BCUT2D eigenvalue weighted by molar-refractivity contribution is -0.138. The number of hydrogen-bond donors (Lipinski definition) is 2. The van der Waals surface area contributed by atoms with Gasteiger partial charge in [0.25, 0.3) is 0 Å². The van der Waals surface area contributed by atoms with Crippen molar-refractivity contribution in [1.29, 1.82) is 0 Å². The average molecular weight is 241 g/mol. The first-order valence-electron chi connectivity index (χ1n) is 5.33. The third kappa shape index (κ3) is 2.38. The van der Waals surface area contributed by atoms with Crippen molar-refractivity contribution in [3.8, 4) is 0 Å². The Morgan fingerprint density at radius 1 is 1.81 bits per heavy atom. The van der Waals surface area contributed by atoms with Gasteiger partial charge < -0.3 is 5.11 Å². The van der Waals surface area contributed by atoms with Crippen molar-refractivity contribution in [1.82, 2.24) is 15.1 Å². The van der Waals surface area contributed by atoms with Crippen LogP contribution in [0.15, 0.2) is 12.4 Å². The molecule has 1 unspecified atom stereocenters. The van der Waals surface area contributed by atoms with E-state index in [2.05, 4.69) is 17.3 Å². The van der Waals surface area contributed by atoms with Crippen LogP contribution < -0.4 is 5.32 Å². The Balaban J connectivity index is 2.00. The molecule has 1 aromatic rings.